The van der Waals surface area contributed by atoms with E-state index in [9.17, 15) is 8.42 Å². The Kier molecular flexibility index (Phi) is 4.83. The third kappa shape index (κ3) is 3.71. The second-order valence-electron chi connectivity index (χ2n) is 4.07. The zero-order valence-corrected chi connectivity index (χ0v) is 11.2. The van der Waals surface area contributed by atoms with Gasteiger partial charge in [-0.3, -0.25) is 4.98 Å². The van der Waals surface area contributed by atoms with E-state index in [1.54, 1.807) is 6.07 Å². The van der Waals surface area contributed by atoms with Gasteiger partial charge in [-0.05, 0) is 12.1 Å². The van der Waals surface area contributed by atoms with Crippen LogP contribution in [-0.2, 0) is 26.0 Å². The van der Waals surface area contributed by atoms with Crippen molar-refractivity contribution in [2.45, 2.75) is 17.5 Å². The van der Waals surface area contributed by atoms with Gasteiger partial charge in [0.05, 0.1) is 31.6 Å². The molecule has 1 aromatic rings. The minimum absolute atomic E-state index is 0.0696. The van der Waals surface area contributed by atoms with Gasteiger partial charge in [-0.25, -0.2) is 13.1 Å². The number of pyridine rings is 1. The van der Waals surface area contributed by atoms with E-state index < -0.39 is 10.0 Å². The van der Waals surface area contributed by atoms with Crippen molar-refractivity contribution in [1.29, 1.82) is 0 Å². The Morgan fingerprint density at radius 1 is 1.47 bits per heavy atom. The number of nitrogens with one attached hydrogen (secondary N) is 1. The molecule has 3 N–H and O–H groups in total. The third-order valence-corrected chi connectivity index (χ3v) is 4.21. The molecule has 7 nitrogen and oxygen atoms in total. The Morgan fingerprint density at radius 3 is 3.00 bits per heavy atom. The minimum atomic E-state index is -3.63. The van der Waals surface area contributed by atoms with E-state index in [0.717, 1.165) is 0 Å². The predicted molar refractivity (Wildman–Crippen MR) is 67.9 cm³/mol. The van der Waals surface area contributed by atoms with E-state index in [2.05, 4.69) is 9.71 Å². The molecule has 8 heteroatoms. The summed E-state index contributed by atoms with van der Waals surface area (Å²) in [5, 5.41) is 0. The molecule has 0 spiro atoms. The number of hydrogen-bond acceptors (Lipinski definition) is 6. The Hall–Kier alpha value is -1.06. The summed E-state index contributed by atoms with van der Waals surface area (Å²) >= 11 is 0. The summed E-state index contributed by atoms with van der Waals surface area (Å²) in [6.07, 6.45) is 1.25. The van der Waals surface area contributed by atoms with E-state index in [1.807, 2.05) is 0 Å². The molecule has 1 atom stereocenters. The molecular weight excluding hydrogens is 270 g/mol. The van der Waals surface area contributed by atoms with E-state index >= 15 is 0 Å². The fourth-order valence-corrected chi connectivity index (χ4v) is 3.02. The van der Waals surface area contributed by atoms with Gasteiger partial charge >= 0.3 is 0 Å². The molecular formula is C11H17N3O4S. The van der Waals surface area contributed by atoms with Gasteiger partial charge in [0, 0.05) is 19.3 Å². The maximum Gasteiger partial charge on any atom is 0.242 e. The molecule has 0 aliphatic carbocycles. The van der Waals surface area contributed by atoms with Crippen LogP contribution in [0.25, 0.3) is 0 Å². The first-order valence-electron chi connectivity index (χ1n) is 5.96. The molecule has 1 aliphatic heterocycles. The Bertz CT molecular complexity index is 514. The zero-order chi connectivity index (χ0) is 13.7. The standard InChI is InChI=1S/C11H17N3O4S/c12-6-10-11(2-1-3-13-10)19(15,16)14-7-9-8-17-4-5-18-9/h1-3,9,14H,4-8,12H2. The van der Waals surface area contributed by atoms with E-state index in [4.69, 9.17) is 15.2 Å². The van der Waals surface area contributed by atoms with Gasteiger partial charge in [0.15, 0.2) is 0 Å². The number of nitrogens with two attached hydrogens (primary N) is 1. The number of rotatable bonds is 5. The molecule has 1 aliphatic rings. The van der Waals surface area contributed by atoms with Crippen LogP contribution in [-0.4, -0.2) is 45.9 Å². The lowest BCUT2D eigenvalue weighted by molar-refractivity contribution is -0.0846. The summed E-state index contributed by atoms with van der Waals surface area (Å²) in [5.41, 5.74) is 5.83. The van der Waals surface area contributed by atoms with Gasteiger partial charge in [-0.15, -0.1) is 0 Å². The average molecular weight is 287 g/mol. The molecule has 0 saturated carbocycles. The van der Waals surface area contributed by atoms with E-state index in [-0.39, 0.29) is 24.1 Å². The van der Waals surface area contributed by atoms with Crippen molar-refractivity contribution >= 4 is 10.0 Å². The highest BCUT2D eigenvalue weighted by molar-refractivity contribution is 7.89. The van der Waals surface area contributed by atoms with Crippen molar-refractivity contribution in [3.8, 4) is 0 Å². The Labute approximate surface area is 112 Å². The monoisotopic (exact) mass is 287 g/mol. The molecule has 0 aromatic carbocycles. The predicted octanol–water partition coefficient (Wildman–Crippen LogP) is -0.766. The minimum Gasteiger partial charge on any atom is -0.376 e. The van der Waals surface area contributed by atoms with Crippen LogP contribution in [0.5, 0.6) is 0 Å². The first-order valence-corrected chi connectivity index (χ1v) is 7.45. The van der Waals surface area contributed by atoms with Crippen LogP contribution in [0.15, 0.2) is 23.2 Å². The van der Waals surface area contributed by atoms with Crippen molar-refractivity contribution in [2.75, 3.05) is 26.4 Å². The summed E-state index contributed by atoms with van der Waals surface area (Å²) in [6.45, 7) is 1.65. The Balaban J connectivity index is 2.05. The summed E-state index contributed by atoms with van der Waals surface area (Å²) in [5.74, 6) is 0. The van der Waals surface area contributed by atoms with Gasteiger partial charge in [-0.2, -0.15) is 0 Å². The lowest BCUT2D eigenvalue weighted by Crippen LogP contribution is -2.40. The van der Waals surface area contributed by atoms with Crippen LogP contribution >= 0.6 is 0 Å². The van der Waals surface area contributed by atoms with Gasteiger partial charge in [-0.1, -0.05) is 0 Å². The highest BCUT2D eigenvalue weighted by atomic mass is 32.2. The highest BCUT2D eigenvalue weighted by Gasteiger charge is 2.21. The van der Waals surface area contributed by atoms with Crippen molar-refractivity contribution in [2.24, 2.45) is 5.73 Å². The van der Waals surface area contributed by atoms with Gasteiger partial charge < -0.3 is 15.2 Å². The second-order valence-corrected chi connectivity index (χ2v) is 5.81. The molecule has 19 heavy (non-hydrogen) atoms. The molecule has 1 unspecified atom stereocenters. The summed E-state index contributed by atoms with van der Waals surface area (Å²) in [4.78, 5) is 4.06. The molecule has 2 rings (SSSR count). The van der Waals surface area contributed by atoms with Crippen LogP contribution in [0.4, 0.5) is 0 Å². The number of sulfonamides is 1. The molecule has 0 bridgehead atoms. The summed E-state index contributed by atoms with van der Waals surface area (Å²) in [7, 11) is -3.63. The number of aromatic nitrogens is 1. The van der Waals surface area contributed by atoms with E-state index in [0.29, 0.717) is 25.5 Å². The van der Waals surface area contributed by atoms with E-state index in [1.165, 1.54) is 12.3 Å². The fourth-order valence-electron chi connectivity index (χ4n) is 1.76. The molecule has 1 fully saturated rings. The maximum absolute atomic E-state index is 12.2. The largest absolute Gasteiger partial charge is 0.376 e. The van der Waals surface area contributed by atoms with Gasteiger partial charge in [0.25, 0.3) is 0 Å². The molecule has 2 heterocycles. The smallest absolute Gasteiger partial charge is 0.242 e. The molecule has 0 radical (unpaired) electrons. The van der Waals surface area contributed by atoms with Crippen LogP contribution in [0.3, 0.4) is 0 Å². The quantitative estimate of drug-likeness (QED) is 0.737. The van der Waals surface area contributed by atoms with Crippen molar-refractivity contribution in [1.82, 2.24) is 9.71 Å². The van der Waals surface area contributed by atoms with Gasteiger partial charge in [0.2, 0.25) is 10.0 Å². The second kappa shape index (κ2) is 6.40. The van der Waals surface area contributed by atoms with Crippen LogP contribution in [0.1, 0.15) is 5.69 Å². The normalized spacial score (nSPS) is 20.4. The molecule has 1 saturated heterocycles. The first-order chi connectivity index (χ1) is 9.13. The molecule has 106 valence electrons. The van der Waals surface area contributed by atoms with Crippen LogP contribution in [0, 0.1) is 0 Å². The van der Waals surface area contributed by atoms with Crippen LogP contribution < -0.4 is 10.5 Å². The fraction of sp³-hybridized carbons (Fsp3) is 0.545. The van der Waals surface area contributed by atoms with Gasteiger partial charge in [0.1, 0.15) is 4.90 Å². The van der Waals surface area contributed by atoms with Crippen molar-refractivity contribution in [3.05, 3.63) is 24.0 Å². The first kappa shape index (κ1) is 14.4. The lowest BCUT2D eigenvalue weighted by Gasteiger charge is -2.23. The topological polar surface area (TPSA) is 104 Å². The highest BCUT2D eigenvalue weighted by Crippen LogP contribution is 2.12. The molecule has 0 amide bonds. The van der Waals surface area contributed by atoms with Crippen molar-refractivity contribution < 1.29 is 17.9 Å². The molecule has 1 aromatic heterocycles. The zero-order valence-electron chi connectivity index (χ0n) is 10.4. The Morgan fingerprint density at radius 2 is 2.32 bits per heavy atom. The number of ether oxygens (including phenoxy) is 2. The number of hydrogen-bond donors (Lipinski definition) is 2. The summed E-state index contributed by atoms with van der Waals surface area (Å²) < 4.78 is 37.4. The third-order valence-electron chi connectivity index (χ3n) is 2.72. The van der Waals surface area contributed by atoms with Crippen molar-refractivity contribution in [3.63, 3.8) is 0 Å². The number of nitrogens with zero attached hydrogens (tertiary/aromatic N) is 1. The summed E-state index contributed by atoms with van der Waals surface area (Å²) in [6, 6.07) is 3.05. The lowest BCUT2D eigenvalue weighted by atomic mass is 10.3. The average Bonchev–Trinajstić information content (AvgIpc) is 2.46. The maximum atomic E-state index is 12.2. The SMILES string of the molecule is NCc1ncccc1S(=O)(=O)NCC1COCCO1. The van der Waals surface area contributed by atoms with Crippen LogP contribution in [0.2, 0.25) is 0 Å².